The Bertz CT molecular complexity index is 371. The van der Waals surface area contributed by atoms with E-state index in [0.717, 1.165) is 16.5 Å². The summed E-state index contributed by atoms with van der Waals surface area (Å²) in [5, 5.41) is 0. The van der Waals surface area contributed by atoms with Crippen LogP contribution in [0.1, 0.15) is 0 Å². The molecule has 0 amide bonds. The van der Waals surface area contributed by atoms with Crippen molar-refractivity contribution in [1.82, 2.24) is 8.75 Å². The standard InChI is InChI=1S/C7H6BN2S/c1-8-5-3-2-4-6-7(5)10-11-9-6/h2-4H,1H3. The number of rotatable bonds is 1. The van der Waals surface area contributed by atoms with Crippen LogP contribution in [-0.2, 0) is 0 Å². The van der Waals surface area contributed by atoms with E-state index in [1.807, 2.05) is 32.3 Å². The van der Waals surface area contributed by atoms with Gasteiger partial charge in [-0.3, -0.25) is 0 Å². The molecule has 53 valence electrons. The molecule has 1 radical (unpaired) electrons. The number of fused-ring (bicyclic) bond motifs is 1. The van der Waals surface area contributed by atoms with Crippen LogP contribution >= 0.6 is 11.7 Å². The van der Waals surface area contributed by atoms with E-state index < -0.39 is 0 Å². The average molecular weight is 161 g/mol. The molecule has 0 unspecified atom stereocenters. The van der Waals surface area contributed by atoms with Gasteiger partial charge in [0.2, 0.25) is 0 Å². The van der Waals surface area contributed by atoms with Crippen LogP contribution in [0.15, 0.2) is 18.2 Å². The Morgan fingerprint density at radius 3 is 3.09 bits per heavy atom. The third-order valence-corrected chi connectivity index (χ3v) is 2.17. The highest BCUT2D eigenvalue weighted by Gasteiger charge is 2.01. The molecule has 11 heavy (non-hydrogen) atoms. The van der Waals surface area contributed by atoms with Gasteiger partial charge in [-0.1, -0.05) is 24.4 Å². The summed E-state index contributed by atoms with van der Waals surface area (Å²) in [6.45, 7) is 2.01. The van der Waals surface area contributed by atoms with E-state index in [2.05, 4.69) is 8.75 Å². The molecule has 0 spiro atoms. The molecule has 0 atom stereocenters. The average Bonchev–Trinajstić information content (AvgIpc) is 2.50. The summed E-state index contributed by atoms with van der Waals surface area (Å²) in [6, 6.07) is 6.02. The van der Waals surface area contributed by atoms with Crippen molar-refractivity contribution in [2.24, 2.45) is 0 Å². The van der Waals surface area contributed by atoms with Gasteiger partial charge in [-0.2, -0.15) is 8.75 Å². The predicted molar refractivity (Wildman–Crippen MR) is 48.7 cm³/mol. The van der Waals surface area contributed by atoms with E-state index >= 15 is 0 Å². The minimum atomic E-state index is 0.991. The van der Waals surface area contributed by atoms with Crippen molar-refractivity contribution in [1.29, 1.82) is 0 Å². The van der Waals surface area contributed by atoms with Crippen LogP contribution in [-0.4, -0.2) is 16.0 Å². The summed E-state index contributed by atoms with van der Waals surface area (Å²) in [6.07, 6.45) is 0. The van der Waals surface area contributed by atoms with Crippen molar-refractivity contribution >= 4 is 35.5 Å². The van der Waals surface area contributed by atoms with Gasteiger partial charge in [0.25, 0.3) is 0 Å². The molecular formula is C7H6BN2S. The van der Waals surface area contributed by atoms with Crippen LogP contribution < -0.4 is 5.46 Å². The molecule has 0 saturated heterocycles. The molecule has 4 heteroatoms. The zero-order valence-corrected chi connectivity index (χ0v) is 6.93. The Morgan fingerprint density at radius 2 is 2.27 bits per heavy atom. The van der Waals surface area contributed by atoms with Crippen LogP contribution in [0.3, 0.4) is 0 Å². The molecule has 1 aromatic heterocycles. The van der Waals surface area contributed by atoms with Gasteiger partial charge in [-0.15, -0.1) is 0 Å². The zero-order valence-electron chi connectivity index (χ0n) is 6.11. The molecule has 2 aromatic rings. The van der Waals surface area contributed by atoms with Gasteiger partial charge in [0.05, 0.1) is 17.2 Å². The summed E-state index contributed by atoms with van der Waals surface area (Å²) in [4.78, 5) is 0. The van der Waals surface area contributed by atoms with E-state index in [1.165, 1.54) is 11.7 Å². The maximum Gasteiger partial charge on any atom is 0.151 e. The SMILES string of the molecule is C[B]c1cccc2nsnc12. The largest absolute Gasteiger partial charge is 0.174 e. The van der Waals surface area contributed by atoms with Crippen LogP contribution in [0, 0.1) is 0 Å². The first kappa shape index (κ1) is 6.79. The summed E-state index contributed by atoms with van der Waals surface area (Å²) < 4.78 is 8.33. The van der Waals surface area contributed by atoms with Gasteiger partial charge in [0.15, 0.2) is 7.28 Å². The molecule has 2 rings (SSSR count). The molecule has 0 saturated carbocycles. The molecule has 0 aliphatic rings. The number of nitrogens with zero attached hydrogens (tertiary/aromatic N) is 2. The summed E-state index contributed by atoms with van der Waals surface area (Å²) in [5.41, 5.74) is 3.17. The van der Waals surface area contributed by atoms with Crippen LogP contribution in [0.25, 0.3) is 11.0 Å². The van der Waals surface area contributed by atoms with E-state index in [1.54, 1.807) is 0 Å². The summed E-state index contributed by atoms with van der Waals surface area (Å²) in [7, 11) is 2.05. The fourth-order valence-electron chi connectivity index (χ4n) is 1.06. The fourth-order valence-corrected chi connectivity index (χ4v) is 1.62. The second-order valence-corrected chi connectivity index (χ2v) is 2.80. The Balaban J connectivity index is 2.79. The van der Waals surface area contributed by atoms with Gasteiger partial charge in [-0.05, 0) is 6.07 Å². The Hall–Kier alpha value is -0.895. The lowest BCUT2D eigenvalue weighted by atomic mass is 9.73. The van der Waals surface area contributed by atoms with Crippen molar-refractivity contribution in [2.75, 3.05) is 0 Å². The highest BCUT2D eigenvalue weighted by Crippen LogP contribution is 2.06. The van der Waals surface area contributed by atoms with E-state index in [-0.39, 0.29) is 0 Å². The zero-order chi connectivity index (χ0) is 7.68. The van der Waals surface area contributed by atoms with Crippen LogP contribution in [0.5, 0.6) is 0 Å². The van der Waals surface area contributed by atoms with E-state index in [0.29, 0.717) is 0 Å². The lowest BCUT2D eigenvalue weighted by molar-refractivity contribution is 1.67. The van der Waals surface area contributed by atoms with Gasteiger partial charge < -0.3 is 0 Å². The maximum absolute atomic E-state index is 4.19. The predicted octanol–water partition coefficient (Wildman–Crippen LogP) is 1.07. The number of hydrogen-bond acceptors (Lipinski definition) is 3. The number of benzene rings is 1. The minimum absolute atomic E-state index is 0.991. The van der Waals surface area contributed by atoms with Crippen molar-refractivity contribution in [3.8, 4) is 0 Å². The van der Waals surface area contributed by atoms with Crippen LogP contribution in [0.4, 0.5) is 0 Å². The molecule has 1 aromatic carbocycles. The Labute approximate surface area is 69.8 Å². The molecule has 0 fully saturated rings. The fraction of sp³-hybridized carbons (Fsp3) is 0.143. The van der Waals surface area contributed by atoms with Gasteiger partial charge >= 0.3 is 0 Å². The highest BCUT2D eigenvalue weighted by atomic mass is 32.1. The van der Waals surface area contributed by atoms with Crippen molar-refractivity contribution < 1.29 is 0 Å². The number of hydrogen-bond donors (Lipinski definition) is 0. The molecular weight excluding hydrogens is 155 g/mol. The smallest absolute Gasteiger partial charge is 0.151 e. The molecule has 0 N–H and O–H groups in total. The highest BCUT2D eigenvalue weighted by molar-refractivity contribution is 7.00. The quantitative estimate of drug-likeness (QED) is 0.584. The summed E-state index contributed by atoms with van der Waals surface area (Å²) in [5.74, 6) is 0. The normalized spacial score (nSPS) is 10.3. The van der Waals surface area contributed by atoms with Crippen LogP contribution in [0.2, 0.25) is 6.82 Å². The van der Waals surface area contributed by atoms with E-state index in [4.69, 9.17) is 0 Å². The van der Waals surface area contributed by atoms with Gasteiger partial charge in [0, 0.05) is 0 Å². The monoisotopic (exact) mass is 161 g/mol. The van der Waals surface area contributed by atoms with Gasteiger partial charge in [0.1, 0.15) is 5.52 Å². The van der Waals surface area contributed by atoms with Crippen molar-refractivity contribution in [3.63, 3.8) is 0 Å². The van der Waals surface area contributed by atoms with E-state index in [9.17, 15) is 0 Å². The van der Waals surface area contributed by atoms with Gasteiger partial charge in [-0.25, -0.2) is 0 Å². The first-order valence-corrected chi connectivity index (χ1v) is 4.15. The Morgan fingerprint density at radius 1 is 1.36 bits per heavy atom. The second-order valence-electron chi connectivity index (χ2n) is 2.27. The lowest BCUT2D eigenvalue weighted by Gasteiger charge is -1.93. The lowest BCUT2D eigenvalue weighted by Crippen LogP contribution is -2.10. The molecule has 0 aliphatic carbocycles. The minimum Gasteiger partial charge on any atom is -0.174 e. The number of aromatic nitrogens is 2. The first-order valence-electron chi connectivity index (χ1n) is 3.42. The second kappa shape index (κ2) is 2.62. The molecule has 0 aliphatic heterocycles. The van der Waals surface area contributed by atoms with Crippen molar-refractivity contribution in [3.05, 3.63) is 18.2 Å². The molecule has 2 nitrogen and oxygen atoms in total. The third-order valence-electron chi connectivity index (χ3n) is 1.63. The first-order chi connectivity index (χ1) is 5.42. The maximum atomic E-state index is 4.19. The summed E-state index contributed by atoms with van der Waals surface area (Å²) >= 11 is 1.26. The molecule has 1 heterocycles. The third kappa shape index (κ3) is 1.03. The van der Waals surface area contributed by atoms with Crippen molar-refractivity contribution in [2.45, 2.75) is 6.82 Å². The molecule has 0 bridgehead atoms. The topological polar surface area (TPSA) is 25.8 Å². The Kier molecular flexibility index (Phi) is 1.62.